The first-order chi connectivity index (χ1) is 8.74. The third-order valence-electron chi connectivity index (χ3n) is 5.65. The van der Waals surface area contributed by atoms with Crippen molar-refractivity contribution in [2.24, 2.45) is 11.1 Å². The molecular weight excluding hydrogens is 224 g/mol. The molecule has 3 aliphatic rings. The van der Waals surface area contributed by atoms with Crippen LogP contribution in [0.3, 0.4) is 0 Å². The SMILES string of the molecule is CCOC1CC(NC2CCC(N)CC2)C12CCC2. The number of hydrogen-bond acceptors (Lipinski definition) is 3. The third kappa shape index (κ3) is 2.10. The number of hydrogen-bond donors (Lipinski definition) is 2. The summed E-state index contributed by atoms with van der Waals surface area (Å²) in [4.78, 5) is 0. The van der Waals surface area contributed by atoms with E-state index in [9.17, 15) is 0 Å². The lowest BCUT2D eigenvalue weighted by Gasteiger charge is -2.62. The fourth-order valence-electron chi connectivity index (χ4n) is 4.24. The van der Waals surface area contributed by atoms with Crippen LogP contribution >= 0.6 is 0 Å². The normalized spacial score (nSPS) is 42.3. The van der Waals surface area contributed by atoms with Crippen molar-refractivity contribution in [2.75, 3.05) is 6.61 Å². The average Bonchev–Trinajstić information content (AvgIpc) is 2.28. The highest BCUT2D eigenvalue weighted by Gasteiger charge is 2.58. The van der Waals surface area contributed by atoms with Crippen LogP contribution in [0.25, 0.3) is 0 Å². The first kappa shape index (κ1) is 12.9. The van der Waals surface area contributed by atoms with E-state index >= 15 is 0 Å². The van der Waals surface area contributed by atoms with Crippen molar-refractivity contribution in [3.63, 3.8) is 0 Å². The maximum atomic E-state index is 5.98. The van der Waals surface area contributed by atoms with Crippen molar-refractivity contribution >= 4 is 0 Å². The molecular formula is C15H28N2O. The lowest BCUT2D eigenvalue weighted by atomic mass is 9.51. The van der Waals surface area contributed by atoms with E-state index in [0.29, 0.717) is 17.6 Å². The third-order valence-corrected chi connectivity index (χ3v) is 5.65. The van der Waals surface area contributed by atoms with Crippen LogP contribution in [0.5, 0.6) is 0 Å². The van der Waals surface area contributed by atoms with E-state index in [1.165, 1.54) is 51.4 Å². The van der Waals surface area contributed by atoms with Gasteiger partial charge in [0.2, 0.25) is 0 Å². The predicted molar refractivity (Wildman–Crippen MR) is 73.5 cm³/mol. The first-order valence-electron chi connectivity index (χ1n) is 7.88. The summed E-state index contributed by atoms with van der Waals surface area (Å²) in [7, 11) is 0. The van der Waals surface area contributed by atoms with Gasteiger partial charge in [0.25, 0.3) is 0 Å². The number of nitrogens with one attached hydrogen (secondary N) is 1. The van der Waals surface area contributed by atoms with Gasteiger partial charge in [-0.3, -0.25) is 0 Å². The largest absolute Gasteiger partial charge is 0.378 e. The zero-order valence-electron chi connectivity index (χ0n) is 11.7. The van der Waals surface area contributed by atoms with Crippen LogP contribution in [0, 0.1) is 5.41 Å². The Kier molecular flexibility index (Phi) is 3.65. The second-order valence-electron chi connectivity index (χ2n) is 6.60. The van der Waals surface area contributed by atoms with Crippen molar-refractivity contribution in [1.82, 2.24) is 5.32 Å². The molecule has 0 aromatic rings. The molecule has 3 saturated carbocycles. The van der Waals surface area contributed by atoms with Crippen molar-refractivity contribution < 1.29 is 4.74 Å². The van der Waals surface area contributed by atoms with Gasteiger partial charge in [0, 0.05) is 30.1 Å². The van der Waals surface area contributed by atoms with E-state index < -0.39 is 0 Å². The average molecular weight is 252 g/mol. The molecule has 3 rings (SSSR count). The monoisotopic (exact) mass is 252 g/mol. The number of nitrogens with two attached hydrogens (primary N) is 1. The Bertz CT molecular complexity index is 282. The van der Waals surface area contributed by atoms with Crippen LogP contribution in [0.1, 0.15) is 58.3 Å². The van der Waals surface area contributed by atoms with Crippen molar-refractivity contribution in [3.05, 3.63) is 0 Å². The maximum Gasteiger partial charge on any atom is 0.0661 e. The molecule has 0 aliphatic heterocycles. The summed E-state index contributed by atoms with van der Waals surface area (Å²) in [6.07, 6.45) is 10.9. The molecule has 3 fully saturated rings. The quantitative estimate of drug-likeness (QED) is 0.806. The van der Waals surface area contributed by atoms with Crippen LogP contribution in [-0.2, 0) is 4.74 Å². The molecule has 0 aromatic carbocycles. The standard InChI is InChI=1S/C15H28N2O/c1-2-18-14-10-13(15(14)8-3-9-15)17-12-6-4-11(16)5-7-12/h11-14,17H,2-10,16H2,1H3. The maximum absolute atomic E-state index is 5.98. The van der Waals surface area contributed by atoms with E-state index in [-0.39, 0.29) is 0 Å². The molecule has 3 heteroatoms. The molecule has 0 saturated heterocycles. The molecule has 0 amide bonds. The van der Waals surface area contributed by atoms with E-state index in [4.69, 9.17) is 10.5 Å². The molecule has 0 heterocycles. The molecule has 2 unspecified atom stereocenters. The van der Waals surface area contributed by atoms with Crippen molar-refractivity contribution in [1.29, 1.82) is 0 Å². The van der Waals surface area contributed by atoms with Gasteiger partial charge < -0.3 is 15.8 Å². The molecule has 18 heavy (non-hydrogen) atoms. The second kappa shape index (κ2) is 5.10. The van der Waals surface area contributed by atoms with Crippen LogP contribution in [0.15, 0.2) is 0 Å². The van der Waals surface area contributed by atoms with Gasteiger partial charge in [-0.05, 0) is 51.9 Å². The van der Waals surface area contributed by atoms with Gasteiger partial charge in [-0.25, -0.2) is 0 Å². The van der Waals surface area contributed by atoms with E-state index in [1.54, 1.807) is 0 Å². The van der Waals surface area contributed by atoms with Gasteiger partial charge in [-0.1, -0.05) is 6.42 Å². The Hall–Kier alpha value is -0.120. The minimum absolute atomic E-state index is 0.457. The van der Waals surface area contributed by atoms with Crippen LogP contribution in [-0.4, -0.2) is 30.8 Å². The molecule has 3 aliphatic carbocycles. The lowest BCUT2D eigenvalue weighted by Crippen LogP contribution is -2.68. The minimum atomic E-state index is 0.457. The van der Waals surface area contributed by atoms with Crippen LogP contribution < -0.4 is 11.1 Å². The summed E-state index contributed by atoms with van der Waals surface area (Å²) in [6, 6.07) is 1.90. The van der Waals surface area contributed by atoms with E-state index in [1.807, 2.05) is 0 Å². The van der Waals surface area contributed by atoms with Gasteiger partial charge in [-0.2, -0.15) is 0 Å². The fourth-order valence-corrected chi connectivity index (χ4v) is 4.24. The highest BCUT2D eigenvalue weighted by atomic mass is 16.5. The smallest absolute Gasteiger partial charge is 0.0661 e. The summed E-state index contributed by atoms with van der Waals surface area (Å²) in [5, 5.41) is 3.92. The molecule has 0 radical (unpaired) electrons. The lowest BCUT2D eigenvalue weighted by molar-refractivity contribution is -0.175. The zero-order valence-corrected chi connectivity index (χ0v) is 11.7. The fraction of sp³-hybridized carbons (Fsp3) is 1.00. The number of ether oxygens (including phenoxy) is 1. The summed E-state index contributed by atoms with van der Waals surface area (Å²) in [5.74, 6) is 0. The Labute approximate surface area is 111 Å². The zero-order chi connectivity index (χ0) is 12.6. The molecule has 1 spiro atoms. The van der Waals surface area contributed by atoms with Gasteiger partial charge in [-0.15, -0.1) is 0 Å². The minimum Gasteiger partial charge on any atom is -0.378 e. The van der Waals surface area contributed by atoms with Crippen LogP contribution in [0.2, 0.25) is 0 Å². The summed E-state index contributed by atoms with van der Waals surface area (Å²) in [6.45, 7) is 2.99. The van der Waals surface area contributed by atoms with Gasteiger partial charge in [0.1, 0.15) is 0 Å². The molecule has 104 valence electrons. The van der Waals surface area contributed by atoms with Crippen LogP contribution in [0.4, 0.5) is 0 Å². The Balaban J connectivity index is 1.52. The summed E-state index contributed by atoms with van der Waals surface area (Å²) < 4.78 is 5.91. The van der Waals surface area contributed by atoms with E-state index in [2.05, 4.69) is 12.2 Å². The molecule has 0 bridgehead atoms. The molecule has 3 N–H and O–H groups in total. The predicted octanol–water partition coefficient (Wildman–Crippen LogP) is 2.19. The molecule has 3 nitrogen and oxygen atoms in total. The summed E-state index contributed by atoms with van der Waals surface area (Å²) >= 11 is 0. The summed E-state index contributed by atoms with van der Waals surface area (Å²) in [5.41, 5.74) is 6.49. The Morgan fingerprint density at radius 2 is 1.94 bits per heavy atom. The van der Waals surface area contributed by atoms with Crippen molar-refractivity contribution in [3.8, 4) is 0 Å². The van der Waals surface area contributed by atoms with Gasteiger partial charge in [0.15, 0.2) is 0 Å². The van der Waals surface area contributed by atoms with E-state index in [0.717, 1.165) is 18.7 Å². The second-order valence-corrected chi connectivity index (χ2v) is 6.60. The highest BCUT2D eigenvalue weighted by molar-refractivity contribution is 5.12. The topological polar surface area (TPSA) is 47.3 Å². The van der Waals surface area contributed by atoms with Gasteiger partial charge >= 0.3 is 0 Å². The molecule has 0 aromatic heterocycles. The Morgan fingerprint density at radius 3 is 2.50 bits per heavy atom. The highest BCUT2D eigenvalue weighted by Crippen LogP contribution is 2.57. The Morgan fingerprint density at radius 1 is 1.22 bits per heavy atom. The first-order valence-corrected chi connectivity index (χ1v) is 7.88. The molecule has 2 atom stereocenters. The number of rotatable bonds is 4. The van der Waals surface area contributed by atoms with Gasteiger partial charge in [0.05, 0.1) is 6.10 Å². The van der Waals surface area contributed by atoms with Crippen molar-refractivity contribution in [2.45, 2.75) is 82.5 Å².